The van der Waals surface area contributed by atoms with Gasteiger partial charge in [-0.25, -0.2) is 9.50 Å². The fraction of sp³-hybridized carbons (Fsp3) is 0.435. The van der Waals surface area contributed by atoms with Crippen LogP contribution in [-0.2, 0) is 11.3 Å². The Balaban J connectivity index is 1.34. The van der Waals surface area contributed by atoms with Gasteiger partial charge in [-0.1, -0.05) is 48.8 Å². The maximum Gasteiger partial charge on any atom is 0.280 e. The molecule has 32 heavy (non-hydrogen) atoms. The molecule has 1 fully saturated rings. The van der Waals surface area contributed by atoms with Crippen LogP contribution in [-0.4, -0.2) is 35.9 Å². The Kier molecular flexibility index (Phi) is 5.13. The molecule has 2 atom stereocenters. The molecule has 1 aliphatic rings. The summed E-state index contributed by atoms with van der Waals surface area (Å²) in [6.45, 7) is 8.64. The Morgan fingerprint density at radius 1 is 1.16 bits per heavy atom. The van der Waals surface area contributed by atoms with E-state index in [1.807, 2.05) is 20.8 Å². The first kappa shape index (κ1) is 20.6. The van der Waals surface area contributed by atoms with E-state index in [-0.39, 0.29) is 30.0 Å². The lowest BCUT2D eigenvalue weighted by atomic mass is 9.99. The van der Waals surface area contributed by atoms with Crippen LogP contribution in [0.4, 0.5) is 0 Å². The molecule has 0 N–H and O–H groups in total. The van der Waals surface area contributed by atoms with Gasteiger partial charge in [0.15, 0.2) is 11.3 Å². The molecule has 0 saturated carbocycles. The summed E-state index contributed by atoms with van der Waals surface area (Å²) in [6.07, 6.45) is 2.32. The van der Waals surface area contributed by atoms with Crippen LogP contribution in [0.15, 0.2) is 39.9 Å². The van der Waals surface area contributed by atoms with Crippen LogP contribution >= 0.6 is 0 Å². The third kappa shape index (κ3) is 3.62. The van der Waals surface area contributed by atoms with E-state index in [1.54, 1.807) is 4.52 Å². The van der Waals surface area contributed by atoms with Crippen molar-refractivity contribution in [2.24, 2.45) is 0 Å². The SMILES string of the molecule is Cc1ccc([C@H]2C[C@H](c3noc(Cn4cnn5c(C(C)C)nc(C)c5c4=O)n3)CO2)cc1. The highest BCUT2D eigenvalue weighted by molar-refractivity contribution is 5.50. The molecule has 0 bridgehead atoms. The number of imidazole rings is 1. The second kappa shape index (κ2) is 7.98. The van der Waals surface area contributed by atoms with E-state index in [0.717, 1.165) is 17.8 Å². The number of ether oxygens (including phenoxy) is 1. The zero-order valence-corrected chi connectivity index (χ0v) is 18.6. The minimum absolute atomic E-state index is 0.0248. The van der Waals surface area contributed by atoms with Crippen LogP contribution in [0.1, 0.15) is 72.6 Å². The lowest BCUT2D eigenvalue weighted by molar-refractivity contribution is 0.110. The first-order chi connectivity index (χ1) is 15.4. The number of nitrogens with zero attached hydrogens (tertiary/aromatic N) is 6. The predicted octanol–water partition coefficient (Wildman–Crippen LogP) is 3.31. The Morgan fingerprint density at radius 3 is 2.69 bits per heavy atom. The zero-order chi connectivity index (χ0) is 22.4. The van der Waals surface area contributed by atoms with Gasteiger partial charge in [-0.15, -0.1) is 0 Å². The summed E-state index contributed by atoms with van der Waals surface area (Å²) in [7, 11) is 0. The number of hydrogen-bond acceptors (Lipinski definition) is 7. The van der Waals surface area contributed by atoms with Crippen molar-refractivity contribution < 1.29 is 9.26 Å². The number of benzene rings is 1. The number of rotatable bonds is 5. The molecule has 1 aliphatic heterocycles. The Morgan fingerprint density at radius 2 is 1.94 bits per heavy atom. The van der Waals surface area contributed by atoms with Crippen molar-refractivity contribution in [1.82, 2.24) is 29.3 Å². The van der Waals surface area contributed by atoms with E-state index < -0.39 is 0 Å². The van der Waals surface area contributed by atoms with Crippen molar-refractivity contribution >= 4 is 5.52 Å². The average Bonchev–Trinajstić information content (AvgIpc) is 3.49. The molecule has 3 aromatic heterocycles. The first-order valence-corrected chi connectivity index (χ1v) is 10.9. The normalized spacial score (nSPS) is 18.8. The van der Waals surface area contributed by atoms with Crippen molar-refractivity contribution in [2.75, 3.05) is 6.61 Å². The average molecular weight is 435 g/mol. The highest BCUT2D eigenvalue weighted by Gasteiger charge is 2.31. The van der Waals surface area contributed by atoms with Gasteiger partial charge < -0.3 is 9.26 Å². The molecule has 0 amide bonds. The van der Waals surface area contributed by atoms with Crippen LogP contribution in [0.25, 0.3) is 5.52 Å². The molecule has 0 aliphatic carbocycles. The van der Waals surface area contributed by atoms with Gasteiger partial charge in [0.2, 0.25) is 5.89 Å². The summed E-state index contributed by atoms with van der Waals surface area (Å²) >= 11 is 0. The fourth-order valence-corrected chi connectivity index (χ4v) is 4.15. The van der Waals surface area contributed by atoms with Crippen LogP contribution in [0.3, 0.4) is 0 Å². The number of aryl methyl sites for hydroxylation is 2. The van der Waals surface area contributed by atoms with E-state index in [4.69, 9.17) is 9.26 Å². The van der Waals surface area contributed by atoms with E-state index in [9.17, 15) is 4.79 Å². The highest BCUT2D eigenvalue weighted by Crippen LogP contribution is 2.37. The van der Waals surface area contributed by atoms with Crippen molar-refractivity contribution in [3.8, 4) is 0 Å². The summed E-state index contributed by atoms with van der Waals surface area (Å²) in [5, 5.41) is 8.58. The highest BCUT2D eigenvalue weighted by atomic mass is 16.5. The third-order valence-electron chi connectivity index (χ3n) is 5.94. The maximum atomic E-state index is 13.0. The minimum atomic E-state index is -0.180. The molecule has 9 heteroatoms. The van der Waals surface area contributed by atoms with Crippen LogP contribution in [0, 0.1) is 13.8 Å². The Hall–Kier alpha value is -3.33. The molecule has 1 aromatic carbocycles. The summed E-state index contributed by atoms with van der Waals surface area (Å²) in [6, 6.07) is 8.38. The van der Waals surface area contributed by atoms with E-state index in [2.05, 4.69) is 51.4 Å². The van der Waals surface area contributed by atoms with E-state index in [1.165, 1.54) is 16.5 Å². The van der Waals surface area contributed by atoms with Gasteiger partial charge in [-0.3, -0.25) is 9.36 Å². The van der Waals surface area contributed by atoms with Gasteiger partial charge in [0.1, 0.15) is 18.7 Å². The fourth-order valence-electron chi connectivity index (χ4n) is 4.15. The summed E-state index contributed by atoms with van der Waals surface area (Å²) < 4.78 is 14.5. The van der Waals surface area contributed by atoms with Gasteiger partial charge in [0, 0.05) is 11.8 Å². The zero-order valence-electron chi connectivity index (χ0n) is 18.6. The second-order valence-corrected chi connectivity index (χ2v) is 8.75. The molecule has 9 nitrogen and oxygen atoms in total. The van der Waals surface area contributed by atoms with Crippen LogP contribution in [0.2, 0.25) is 0 Å². The molecular formula is C23H26N6O3. The van der Waals surface area contributed by atoms with E-state index >= 15 is 0 Å². The molecule has 4 aromatic rings. The summed E-state index contributed by atoms with van der Waals surface area (Å²) in [5.41, 5.74) is 3.34. The lowest BCUT2D eigenvalue weighted by Gasteiger charge is -2.09. The lowest BCUT2D eigenvalue weighted by Crippen LogP contribution is -2.24. The molecule has 0 spiro atoms. The number of aromatic nitrogens is 6. The molecular weight excluding hydrogens is 408 g/mol. The van der Waals surface area contributed by atoms with E-state index in [0.29, 0.717) is 29.5 Å². The molecule has 166 valence electrons. The predicted molar refractivity (Wildman–Crippen MR) is 117 cm³/mol. The van der Waals surface area contributed by atoms with Crippen LogP contribution in [0.5, 0.6) is 0 Å². The van der Waals surface area contributed by atoms with Crippen molar-refractivity contribution in [1.29, 1.82) is 0 Å². The molecule has 1 saturated heterocycles. The van der Waals surface area contributed by atoms with Crippen molar-refractivity contribution in [3.05, 3.63) is 75.3 Å². The topological polar surface area (TPSA) is 100 Å². The minimum Gasteiger partial charge on any atom is -0.373 e. The first-order valence-electron chi connectivity index (χ1n) is 10.9. The smallest absolute Gasteiger partial charge is 0.280 e. The standard InChI is InChI=1S/C23H26N6O3/c1-13(2)22-25-15(4)20-23(30)28(12-24-29(20)22)10-19-26-21(27-32-19)17-9-18(31-11-17)16-7-5-14(3)6-8-16/h5-8,12-13,17-18H,9-11H2,1-4H3/t17-,18+/m0/s1. The maximum absolute atomic E-state index is 13.0. The van der Waals surface area contributed by atoms with Gasteiger partial charge >= 0.3 is 0 Å². The van der Waals surface area contributed by atoms with Crippen molar-refractivity contribution in [3.63, 3.8) is 0 Å². The molecule has 4 heterocycles. The summed E-state index contributed by atoms with van der Waals surface area (Å²) in [4.78, 5) is 22.1. The second-order valence-electron chi connectivity index (χ2n) is 8.75. The van der Waals surface area contributed by atoms with Crippen molar-refractivity contribution in [2.45, 2.75) is 58.6 Å². The van der Waals surface area contributed by atoms with Gasteiger partial charge in [0.25, 0.3) is 5.56 Å². The molecule has 5 rings (SSSR count). The molecule has 0 radical (unpaired) electrons. The Bertz CT molecular complexity index is 1320. The summed E-state index contributed by atoms with van der Waals surface area (Å²) in [5.74, 6) is 1.97. The monoisotopic (exact) mass is 434 g/mol. The third-order valence-corrected chi connectivity index (χ3v) is 5.94. The molecule has 0 unspecified atom stereocenters. The quantitative estimate of drug-likeness (QED) is 0.475. The van der Waals surface area contributed by atoms with Crippen LogP contribution < -0.4 is 5.56 Å². The Labute approximate surface area is 185 Å². The number of fused-ring (bicyclic) bond motifs is 1. The largest absolute Gasteiger partial charge is 0.373 e. The van der Waals surface area contributed by atoms with Gasteiger partial charge in [0.05, 0.1) is 18.4 Å². The number of hydrogen-bond donors (Lipinski definition) is 0. The van der Waals surface area contributed by atoms with Gasteiger partial charge in [-0.05, 0) is 25.8 Å². The van der Waals surface area contributed by atoms with Gasteiger partial charge in [-0.2, -0.15) is 10.1 Å².